The molecule has 2 amide bonds. The van der Waals surface area contributed by atoms with Crippen molar-refractivity contribution in [1.29, 1.82) is 0 Å². The van der Waals surface area contributed by atoms with Crippen molar-refractivity contribution >= 4 is 45.1 Å². The molecule has 1 fully saturated rings. The summed E-state index contributed by atoms with van der Waals surface area (Å²) in [5, 5.41) is 4.56. The molecule has 1 saturated heterocycles. The van der Waals surface area contributed by atoms with Crippen LogP contribution in [0.15, 0.2) is 53.9 Å². The van der Waals surface area contributed by atoms with Crippen molar-refractivity contribution in [3.05, 3.63) is 64.5 Å². The summed E-state index contributed by atoms with van der Waals surface area (Å²) in [6.45, 7) is 1.54. The zero-order valence-electron chi connectivity index (χ0n) is 16.0. The molecule has 154 valence electrons. The van der Waals surface area contributed by atoms with Crippen LogP contribution in [0.4, 0.5) is 16.2 Å². The van der Waals surface area contributed by atoms with Gasteiger partial charge in [-0.3, -0.25) is 4.72 Å². The van der Waals surface area contributed by atoms with Crippen molar-refractivity contribution in [3.63, 3.8) is 0 Å². The Bertz CT molecular complexity index is 950. The summed E-state index contributed by atoms with van der Waals surface area (Å²) < 4.78 is 27.0. The van der Waals surface area contributed by atoms with Crippen molar-refractivity contribution < 1.29 is 13.2 Å². The SMILES string of the molecule is O=C(Nc1ccc(NS(=O)(=O)/C=C/c2ccc(Cl)cc2)cc1)N1CCCCCC1. The number of benzene rings is 2. The molecule has 0 unspecified atom stereocenters. The van der Waals surface area contributed by atoms with E-state index in [9.17, 15) is 13.2 Å². The van der Waals surface area contributed by atoms with E-state index in [1.807, 2.05) is 4.90 Å². The maximum atomic E-state index is 12.4. The van der Waals surface area contributed by atoms with Gasteiger partial charge in [-0.05, 0) is 60.9 Å². The van der Waals surface area contributed by atoms with E-state index in [0.29, 0.717) is 16.4 Å². The molecule has 2 aromatic rings. The van der Waals surface area contributed by atoms with Gasteiger partial charge < -0.3 is 10.2 Å². The zero-order chi connectivity index (χ0) is 20.7. The van der Waals surface area contributed by atoms with Crippen LogP contribution in [0.1, 0.15) is 31.2 Å². The minimum atomic E-state index is -3.66. The predicted octanol–water partition coefficient (Wildman–Crippen LogP) is 5.16. The number of halogens is 1. The molecule has 0 saturated carbocycles. The van der Waals surface area contributed by atoms with E-state index >= 15 is 0 Å². The molecule has 0 bridgehead atoms. The molecule has 0 spiro atoms. The summed E-state index contributed by atoms with van der Waals surface area (Å²) in [5.74, 6) is 0. The summed E-state index contributed by atoms with van der Waals surface area (Å²) in [4.78, 5) is 14.2. The lowest BCUT2D eigenvalue weighted by Gasteiger charge is -2.20. The van der Waals surface area contributed by atoms with Crippen LogP contribution in [0.2, 0.25) is 5.02 Å². The van der Waals surface area contributed by atoms with Gasteiger partial charge >= 0.3 is 6.03 Å². The van der Waals surface area contributed by atoms with Crippen LogP contribution in [0, 0.1) is 0 Å². The molecule has 2 aromatic carbocycles. The molecule has 0 aromatic heterocycles. The molecule has 0 aliphatic carbocycles. The van der Waals surface area contributed by atoms with Crippen LogP contribution >= 0.6 is 11.6 Å². The number of carbonyl (C=O) groups excluding carboxylic acids is 1. The van der Waals surface area contributed by atoms with Crippen molar-refractivity contribution in [3.8, 4) is 0 Å². The topological polar surface area (TPSA) is 78.5 Å². The quantitative estimate of drug-likeness (QED) is 0.683. The first-order chi connectivity index (χ1) is 13.9. The number of nitrogens with zero attached hydrogens (tertiary/aromatic N) is 1. The summed E-state index contributed by atoms with van der Waals surface area (Å²) in [7, 11) is -3.66. The zero-order valence-corrected chi connectivity index (χ0v) is 17.5. The number of likely N-dealkylation sites (tertiary alicyclic amines) is 1. The fourth-order valence-corrected chi connectivity index (χ4v) is 4.03. The molecule has 6 nitrogen and oxygen atoms in total. The van der Waals surface area contributed by atoms with E-state index in [0.717, 1.165) is 49.7 Å². The summed E-state index contributed by atoms with van der Waals surface area (Å²) in [5.41, 5.74) is 1.77. The molecular formula is C21H24ClN3O3S. The second kappa shape index (κ2) is 9.80. The fourth-order valence-electron chi connectivity index (χ4n) is 3.04. The first-order valence-electron chi connectivity index (χ1n) is 9.54. The second-order valence-electron chi connectivity index (χ2n) is 6.91. The van der Waals surface area contributed by atoms with E-state index in [1.165, 1.54) is 6.08 Å². The Morgan fingerprint density at radius 2 is 1.48 bits per heavy atom. The van der Waals surface area contributed by atoms with E-state index in [2.05, 4.69) is 10.0 Å². The average Bonchev–Trinajstić information content (AvgIpc) is 2.98. The minimum Gasteiger partial charge on any atom is -0.325 e. The number of hydrogen-bond acceptors (Lipinski definition) is 3. The fraction of sp³-hybridized carbons (Fsp3) is 0.286. The molecule has 29 heavy (non-hydrogen) atoms. The number of anilines is 2. The van der Waals surface area contributed by atoms with Gasteiger partial charge in [0.25, 0.3) is 10.0 Å². The number of urea groups is 1. The molecule has 2 N–H and O–H groups in total. The Morgan fingerprint density at radius 3 is 2.10 bits per heavy atom. The number of sulfonamides is 1. The third kappa shape index (κ3) is 6.80. The number of nitrogens with one attached hydrogen (secondary N) is 2. The Hall–Kier alpha value is -2.51. The van der Waals surface area contributed by atoms with Gasteiger partial charge in [-0.25, -0.2) is 13.2 Å². The van der Waals surface area contributed by atoms with E-state index < -0.39 is 10.0 Å². The first kappa shape index (κ1) is 21.2. The van der Waals surface area contributed by atoms with Gasteiger partial charge in [0.2, 0.25) is 0 Å². The van der Waals surface area contributed by atoms with E-state index in [4.69, 9.17) is 11.6 Å². The normalized spacial score (nSPS) is 15.1. The Kier molecular flexibility index (Phi) is 7.17. The highest BCUT2D eigenvalue weighted by atomic mass is 35.5. The molecule has 0 atom stereocenters. The molecule has 1 heterocycles. The van der Waals surface area contributed by atoms with Crippen molar-refractivity contribution in [2.24, 2.45) is 0 Å². The van der Waals surface area contributed by atoms with E-state index in [-0.39, 0.29) is 6.03 Å². The molecule has 8 heteroatoms. The van der Waals surface area contributed by atoms with Gasteiger partial charge in [0.15, 0.2) is 0 Å². The highest BCUT2D eigenvalue weighted by Crippen LogP contribution is 2.18. The first-order valence-corrected chi connectivity index (χ1v) is 11.5. The van der Waals surface area contributed by atoms with Crippen LogP contribution < -0.4 is 10.0 Å². The van der Waals surface area contributed by atoms with Gasteiger partial charge in [0.1, 0.15) is 0 Å². The maximum absolute atomic E-state index is 12.4. The lowest BCUT2D eigenvalue weighted by Crippen LogP contribution is -2.35. The van der Waals surface area contributed by atoms with Gasteiger partial charge in [-0.1, -0.05) is 36.6 Å². The average molecular weight is 434 g/mol. The minimum absolute atomic E-state index is 0.119. The van der Waals surface area contributed by atoms with Crippen LogP contribution in [-0.4, -0.2) is 32.4 Å². The number of amides is 2. The molecule has 1 aliphatic rings. The molecule has 0 radical (unpaired) electrons. The Morgan fingerprint density at radius 1 is 0.897 bits per heavy atom. The monoisotopic (exact) mass is 433 g/mol. The highest BCUT2D eigenvalue weighted by molar-refractivity contribution is 7.95. The smallest absolute Gasteiger partial charge is 0.321 e. The second-order valence-corrected chi connectivity index (χ2v) is 8.91. The van der Waals surface area contributed by atoms with Gasteiger partial charge in [0, 0.05) is 29.5 Å². The lowest BCUT2D eigenvalue weighted by molar-refractivity contribution is 0.214. The van der Waals surface area contributed by atoms with Crippen LogP contribution in [0.3, 0.4) is 0 Å². The standard InChI is InChI=1S/C21H24ClN3O3S/c22-18-7-5-17(6-8-18)13-16-29(27,28)24-20-11-9-19(10-12-20)23-21(26)25-14-3-1-2-4-15-25/h5-13,16,24H,1-4,14-15H2,(H,23,26)/b16-13+. The lowest BCUT2D eigenvalue weighted by atomic mass is 10.2. The molecule has 1 aliphatic heterocycles. The van der Waals surface area contributed by atoms with Crippen molar-refractivity contribution in [2.45, 2.75) is 25.7 Å². The van der Waals surface area contributed by atoms with Gasteiger partial charge in [-0.15, -0.1) is 0 Å². The third-order valence-electron chi connectivity index (χ3n) is 4.60. The van der Waals surface area contributed by atoms with Crippen LogP contribution in [0.25, 0.3) is 6.08 Å². The Balaban J connectivity index is 1.57. The Labute approximate surface area is 176 Å². The number of rotatable bonds is 5. The third-order valence-corrected chi connectivity index (χ3v) is 5.87. The molecule has 3 rings (SSSR count). The summed E-state index contributed by atoms with van der Waals surface area (Å²) in [6, 6.07) is 13.3. The highest BCUT2D eigenvalue weighted by Gasteiger charge is 2.15. The van der Waals surface area contributed by atoms with Crippen molar-refractivity contribution in [1.82, 2.24) is 4.90 Å². The van der Waals surface area contributed by atoms with Crippen molar-refractivity contribution in [2.75, 3.05) is 23.1 Å². The van der Waals surface area contributed by atoms with Gasteiger partial charge in [0.05, 0.1) is 5.41 Å². The summed E-state index contributed by atoms with van der Waals surface area (Å²) >= 11 is 5.82. The predicted molar refractivity (Wildman–Crippen MR) is 119 cm³/mol. The largest absolute Gasteiger partial charge is 0.325 e. The van der Waals surface area contributed by atoms with Gasteiger partial charge in [-0.2, -0.15) is 0 Å². The summed E-state index contributed by atoms with van der Waals surface area (Å²) in [6.07, 6.45) is 5.86. The maximum Gasteiger partial charge on any atom is 0.321 e. The van der Waals surface area contributed by atoms with E-state index in [1.54, 1.807) is 48.5 Å². The van der Waals surface area contributed by atoms with Crippen LogP contribution in [-0.2, 0) is 10.0 Å². The number of hydrogen-bond donors (Lipinski definition) is 2. The molecular weight excluding hydrogens is 410 g/mol. The van der Waals surface area contributed by atoms with Crippen LogP contribution in [0.5, 0.6) is 0 Å². The number of carbonyl (C=O) groups is 1.